The molecule has 2 aromatic heterocycles. The second-order valence-electron chi connectivity index (χ2n) is 7.19. The number of nitrogens with one attached hydrogen (secondary N) is 1. The number of aryl methyl sites for hydroxylation is 3. The third-order valence-electron chi connectivity index (χ3n) is 5.32. The zero-order valence-electron chi connectivity index (χ0n) is 15.6. The first-order valence-corrected chi connectivity index (χ1v) is 9.63. The lowest BCUT2D eigenvalue weighted by molar-refractivity contribution is 0.568. The van der Waals surface area contributed by atoms with Crippen LogP contribution in [0.3, 0.4) is 0 Å². The molecule has 0 amide bonds. The normalized spacial score (nSPS) is 14.8. The maximum Gasteiger partial charge on any atom is 0.330 e. The molecule has 7 nitrogen and oxygen atoms in total. The third-order valence-corrected chi connectivity index (χ3v) is 5.32. The molecule has 0 spiro atoms. The Kier molecular flexibility index (Phi) is 4.83. The van der Waals surface area contributed by atoms with Crippen LogP contribution in [-0.2, 0) is 20.0 Å². The fourth-order valence-corrected chi connectivity index (χ4v) is 3.84. The SMILES string of the molecule is Cn1c(=O)n(CCCc2ccccc2)c2c(=O)[nH]c(N3CCCCC3)nc21. The molecule has 0 radical (unpaired) electrons. The summed E-state index contributed by atoms with van der Waals surface area (Å²) in [6.07, 6.45) is 5.05. The van der Waals surface area contributed by atoms with E-state index in [9.17, 15) is 9.59 Å². The molecular formula is C20H25N5O2. The molecule has 1 saturated heterocycles. The largest absolute Gasteiger partial charge is 0.342 e. The van der Waals surface area contributed by atoms with E-state index in [4.69, 9.17) is 0 Å². The molecule has 7 heteroatoms. The molecule has 4 rings (SSSR count). The molecule has 3 aromatic rings. The van der Waals surface area contributed by atoms with Gasteiger partial charge in [0.1, 0.15) is 0 Å². The van der Waals surface area contributed by atoms with Crippen molar-refractivity contribution in [3.8, 4) is 0 Å². The number of imidazole rings is 1. The minimum Gasteiger partial charge on any atom is -0.342 e. The maximum atomic E-state index is 12.8. The van der Waals surface area contributed by atoms with Gasteiger partial charge >= 0.3 is 5.69 Å². The van der Waals surface area contributed by atoms with Crippen LogP contribution >= 0.6 is 0 Å². The van der Waals surface area contributed by atoms with Crippen molar-refractivity contribution in [1.82, 2.24) is 19.1 Å². The summed E-state index contributed by atoms with van der Waals surface area (Å²) in [5, 5.41) is 0. The van der Waals surface area contributed by atoms with E-state index in [2.05, 4.69) is 27.0 Å². The highest BCUT2D eigenvalue weighted by atomic mass is 16.2. The van der Waals surface area contributed by atoms with Gasteiger partial charge in [-0.25, -0.2) is 4.79 Å². The van der Waals surface area contributed by atoms with E-state index >= 15 is 0 Å². The van der Waals surface area contributed by atoms with Gasteiger partial charge in [-0.1, -0.05) is 30.3 Å². The van der Waals surface area contributed by atoms with Crippen molar-refractivity contribution in [3.63, 3.8) is 0 Å². The van der Waals surface area contributed by atoms with Crippen molar-refractivity contribution in [2.75, 3.05) is 18.0 Å². The van der Waals surface area contributed by atoms with Crippen LogP contribution in [0.2, 0.25) is 0 Å². The summed E-state index contributed by atoms with van der Waals surface area (Å²) < 4.78 is 3.05. The zero-order valence-corrected chi connectivity index (χ0v) is 15.6. The Hall–Kier alpha value is -2.83. The van der Waals surface area contributed by atoms with Gasteiger partial charge in [0.25, 0.3) is 5.56 Å². The number of piperidine rings is 1. The summed E-state index contributed by atoms with van der Waals surface area (Å²) in [5.41, 5.74) is 1.63. The first-order valence-electron chi connectivity index (χ1n) is 9.63. The number of nitrogens with zero attached hydrogens (tertiary/aromatic N) is 4. The minimum atomic E-state index is -0.238. The van der Waals surface area contributed by atoms with E-state index < -0.39 is 0 Å². The van der Waals surface area contributed by atoms with Crippen LogP contribution < -0.4 is 16.1 Å². The minimum absolute atomic E-state index is 0.188. The number of aromatic amines is 1. The number of fused-ring (bicyclic) bond motifs is 1. The van der Waals surface area contributed by atoms with Crippen LogP contribution in [0.5, 0.6) is 0 Å². The monoisotopic (exact) mass is 367 g/mol. The summed E-state index contributed by atoms with van der Waals surface area (Å²) in [7, 11) is 1.69. The predicted molar refractivity (Wildman–Crippen MR) is 106 cm³/mol. The van der Waals surface area contributed by atoms with Crippen LogP contribution in [0.4, 0.5) is 5.95 Å². The van der Waals surface area contributed by atoms with Gasteiger partial charge in [-0.15, -0.1) is 0 Å². The maximum absolute atomic E-state index is 12.8. The standard InChI is InChI=1S/C20H25N5O2/c1-23-17-16(18(26)22-19(21-17)24-12-6-3-7-13-24)25(20(23)27)14-8-11-15-9-4-2-5-10-15/h2,4-5,9-10H,3,6-8,11-14H2,1H3,(H,21,22,26). The average Bonchev–Trinajstić information content (AvgIpc) is 2.95. The Bertz CT molecular complexity index is 1040. The van der Waals surface area contributed by atoms with Crippen LogP contribution in [0.1, 0.15) is 31.2 Å². The smallest absolute Gasteiger partial charge is 0.330 e. The highest BCUT2D eigenvalue weighted by Gasteiger charge is 2.19. The highest BCUT2D eigenvalue weighted by Crippen LogP contribution is 2.16. The topological polar surface area (TPSA) is 75.9 Å². The molecule has 0 atom stereocenters. The van der Waals surface area contributed by atoms with Crippen LogP contribution in [0.25, 0.3) is 11.2 Å². The van der Waals surface area contributed by atoms with Crippen molar-refractivity contribution in [3.05, 3.63) is 56.7 Å². The van der Waals surface area contributed by atoms with Crippen molar-refractivity contribution in [1.29, 1.82) is 0 Å². The van der Waals surface area contributed by atoms with Gasteiger partial charge in [-0.2, -0.15) is 4.98 Å². The lowest BCUT2D eigenvalue weighted by atomic mass is 10.1. The van der Waals surface area contributed by atoms with E-state index in [1.165, 1.54) is 16.6 Å². The van der Waals surface area contributed by atoms with Gasteiger partial charge in [-0.3, -0.25) is 18.9 Å². The first-order chi connectivity index (χ1) is 13.1. The fraction of sp³-hybridized carbons (Fsp3) is 0.450. The summed E-state index contributed by atoms with van der Waals surface area (Å²) in [6.45, 7) is 2.28. The number of aromatic nitrogens is 4. The molecule has 0 aliphatic carbocycles. The van der Waals surface area contributed by atoms with Gasteiger partial charge < -0.3 is 4.90 Å². The molecule has 1 aliphatic heterocycles. The van der Waals surface area contributed by atoms with Gasteiger partial charge in [0.15, 0.2) is 11.2 Å². The molecular weight excluding hydrogens is 342 g/mol. The molecule has 0 bridgehead atoms. The molecule has 1 fully saturated rings. The van der Waals surface area contributed by atoms with Crippen molar-refractivity contribution in [2.24, 2.45) is 7.05 Å². The van der Waals surface area contributed by atoms with Crippen molar-refractivity contribution < 1.29 is 0 Å². The number of benzene rings is 1. The van der Waals surface area contributed by atoms with Crippen molar-refractivity contribution >= 4 is 17.1 Å². The Balaban J connectivity index is 1.64. The predicted octanol–water partition coefficient (Wildman–Crippen LogP) is 2.05. The van der Waals surface area contributed by atoms with Crippen LogP contribution in [0.15, 0.2) is 39.9 Å². The van der Waals surface area contributed by atoms with Gasteiger partial charge in [0.05, 0.1) is 0 Å². The molecule has 1 N–H and O–H groups in total. The van der Waals surface area contributed by atoms with Gasteiger partial charge in [0, 0.05) is 26.7 Å². The Morgan fingerprint density at radius 1 is 1.07 bits per heavy atom. The van der Waals surface area contributed by atoms with Crippen LogP contribution in [-0.4, -0.2) is 32.2 Å². The first kappa shape index (κ1) is 17.6. The Morgan fingerprint density at radius 2 is 1.81 bits per heavy atom. The number of anilines is 1. The summed E-state index contributed by atoms with van der Waals surface area (Å²) in [6, 6.07) is 10.2. The van der Waals surface area contributed by atoms with E-state index in [0.29, 0.717) is 23.7 Å². The average molecular weight is 367 g/mol. The summed E-state index contributed by atoms with van der Waals surface area (Å²) in [5.74, 6) is 0.573. The highest BCUT2D eigenvalue weighted by molar-refractivity contribution is 5.71. The quantitative estimate of drug-likeness (QED) is 0.749. The fourth-order valence-electron chi connectivity index (χ4n) is 3.84. The number of hydrogen-bond donors (Lipinski definition) is 1. The number of rotatable bonds is 5. The number of H-pyrrole nitrogens is 1. The van der Waals surface area contributed by atoms with E-state index in [0.717, 1.165) is 38.8 Å². The molecule has 27 heavy (non-hydrogen) atoms. The molecule has 0 saturated carbocycles. The molecule has 142 valence electrons. The second kappa shape index (κ2) is 7.42. The molecule has 0 unspecified atom stereocenters. The van der Waals surface area contributed by atoms with E-state index in [-0.39, 0.29) is 11.2 Å². The molecule has 1 aromatic carbocycles. The second-order valence-corrected chi connectivity index (χ2v) is 7.19. The van der Waals surface area contributed by atoms with E-state index in [1.807, 2.05) is 18.2 Å². The summed E-state index contributed by atoms with van der Waals surface area (Å²) in [4.78, 5) is 35.1. The molecule has 1 aliphatic rings. The lowest BCUT2D eigenvalue weighted by Gasteiger charge is -2.26. The third kappa shape index (κ3) is 3.41. The van der Waals surface area contributed by atoms with Gasteiger partial charge in [0.2, 0.25) is 5.95 Å². The van der Waals surface area contributed by atoms with Crippen molar-refractivity contribution in [2.45, 2.75) is 38.6 Å². The summed E-state index contributed by atoms with van der Waals surface area (Å²) >= 11 is 0. The number of hydrogen-bond acceptors (Lipinski definition) is 4. The Morgan fingerprint density at radius 3 is 2.56 bits per heavy atom. The zero-order chi connectivity index (χ0) is 18.8. The van der Waals surface area contributed by atoms with Gasteiger partial charge in [-0.05, 0) is 37.7 Å². The Labute approximate surface area is 157 Å². The van der Waals surface area contributed by atoms with E-state index in [1.54, 1.807) is 11.6 Å². The lowest BCUT2D eigenvalue weighted by Crippen LogP contribution is -2.32. The molecule has 3 heterocycles. The van der Waals surface area contributed by atoms with Crippen LogP contribution in [0, 0.1) is 0 Å².